The van der Waals surface area contributed by atoms with Gasteiger partial charge in [-0.15, -0.1) is 34.9 Å². The predicted molar refractivity (Wildman–Crippen MR) is 81.3 cm³/mol. The molecule has 0 spiro atoms. The van der Waals surface area contributed by atoms with E-state index in [1.807, 2.05) is 6.92 Å². The lowest BCUT2D eigenvalue weighted by Gasteiger charge is -2.47. The molecule has 2 aliphatic rings. The summed E-state index contributed by atoms with van der Waals surface area (Å²) >= 11 is 4.48. The number of β-lactam (4-membered cyclic amide) rings is 1. The van der Waals surface area contributed by atoms with E-state index in [-0.39, 0.29) is 5.70 Å². The number of thiazole rings is 1. The number of carboxylic acid groups (broad SMARTS) is 1. The monoisotopic (exact) mass is 344 g/mol. The molecule has 2 atom stereocenters. The van der Waals surface area contributed by atoms with Crippen molar-refractivity contribution in [2.24, 2.45) is 0 Å². The van der Waals surface area contributed by atoms with Gasteiger partial charge in [-0.3, -0.25) is 9.69 Å². The Morgan fingerprint density at radius 3 is 3.00 bits per heavy atom. The van der Waals surface area contributed by atoms with Crippen LogP contribution in [0, 0.1) is 6.92 Å². The van der Waals surface area contributed by atoms with Gasteiger partial charge >= 0.3 is 5.97 Å². The van der Waals surface area contributed by atoms with E-state index in [2.05, 4.69) is 4.98 Å². The summed E-state index contributed by atoms with van der Waals surface area (Å²) in [6.45, 7) is 1.91. The summed E-state index contributed by atoms with van der Waals surface area (Å²) in [5.74, 6) is -0.627. The second-order valence-corrected chi connectivity index (χ2v) is 8.21. The van der Waals surface area contributed by atoms with Crippen molar-refractivity contribution in [1.82, 2.24) is 9.88 Å². The van der Waals surface area contributed by atoms with E-state index >= 15 is 0 Å². The molecule has 0 aliphatic carbocycles. The van der Waals surface area contributed by atoms with Crippen molar-refractivity contribution in [3.8, 4) is 0 Å². The number of carbonyl (C=O) groups excluding carboxylic acids is 1. The molecular weight excluding hydrogens is 332 g/mol. The van der Waals surface area contributed by atoms with Crippen molar-refractivity contribution in [2.45, 2.75) is 22.6 Å². The first-order valence-electron chi connectivity index (χ1n) is 6.12. The lowest BCUT2D eigenvalue weighted by molar-refractivity contribution is -0.159. The highest BCUT2D eigenvalue weighted by Gasteiger charge is 2.52. The maximum atomic E-state index is 11.7. The van der Waals surface area contributed by atoms with Crippen LogP contribution < -0.4 is 0 Å². The number of rotatable bonds is 4. The second-order valence-electron chi connectivity index (χ2n) is 4.60. The summed E-state index contributed by atoms with van der Waals surface area (Å²) in [5, 5.41) is 19.4. The molecule has 2 aliphatic heterocycles. The van der Waals surface area contributed by atoms with Crippen molar-refractivity contribution in [1.29, 1.82) is 0 Å². The highest BCUT2D eigenvalue weighted by molar-refractivity contribution is 8.02. The SMILES string of the molecule is Cc1ncc(SCC2=C(C(=O)O)N3C(=O)[C@@H](O)[C@H]3SC2)s1. The molecule has 1 fully saturated rings. The first-order valence-corrected chi connectivity index (χ1v) is 8.97. The molecule has 1 saturated heterocycles. The number of nitrogens with zero attached hydrogens (tertiary/aromatic N) is 2. The normalized spacial score (nSPS) is 24.9. The van der Waals surface area contributed by atoms with Crippen LogP contribution in [-0.4, -0.2) is 55.0 Å². The van der Waals surface area contributed by atoms with E-state index in [4.69, 9.17) is 0 Å². The van der Waals surface area contributed by atoms with Gasteiger partial charge in [-0.2, -0.15) is 0 Å². The predicted octanol–water partition coefficient (Wildman–Crippen LogP) is 1.16. The number of aromatic nitrogens is 1. The zero-order chi connectivity index (χ0) is 15.1. The van der Waals surface area contributed by atoms with E-state index in [1.54, 1.807) is 17.5 Å². The van der Waals surface area contributed by atoms with Gasteiger partial charge in [0.25, 0.3) is 5.91 Å². The van der Waals surface area contributed by atoms with E-state index in [9.17, 15) is 19.8 Å². The Hall–Kier alpha value is -1.03. The van der Waals surface area contributed by atoms with Crippen molar-refractivity contribution in [3.63, 3.8) is 0 Å². The Labute approximate surface area is 133 Å². The second kappa shape index (κ2) is 5.64. The number of aryl methyl sites for hydroxylation is 1. The van der Waals surface area contributed by atoms with Gasteiger partial charge in [0.15, 0.2) is 6.10 Å². The Balaban J connectivity index is 1.81. The van der Waals surface area contributed by atoms with Gasteiger partial charge in [0.1, 0.15) is 11.1 Å². The minimum absolute atomic E-state index is 0.0304. The first kappa shape index (κ1) is 14.9. The summed E-state index contributed by atoms with van der Waals surface area (Å²) in [5.41, 5.74) is 0.739. The molecule has 21 heavy (non-hydrogen) atoms. The lowest BCUT2D eigenvalue weighted by atomic mass is 10.1. The van der Waals surface area contributed by atoms with Crippen LogP contribution in [-0.2, 0) is 9.59 Å². The molecule has 0 saturated carbocycles. The largest absolute Gasteiger partial charge is 0.477 e. The molecule has 112 valence electrons. The summed E-state index contributed by atoms with van der Waals surface area (Å²) in [6, 6.07) is 0. The van der Waals surface area contributed by atoms with Crippen LogP contribution in [0.5, 0.6) is 0 Å². The van der Waals surface area contributed by atoms with Crippen LogP contribution >= 0.6 is 34.9 Å². The number of hydrogen-bond donors (Lipinski definition) is 2. The highest BCUT2D eigenvalue weighted by atomic mass is 32.2. The molecule has 1 aromatic heterocycles. The maximum Gasteiger partial charge on any atom is 0.352 e. The third-order valence-corrected chi connectivity index (χ3v) is 6.73. The Morgan fingerprint density at radius 1 is 1.62 bits per heavy atom. The molecule has 3 heterocycles. The van der Waals surface area contributed by atoms with E-state index in [0.29, 0.717) is 17.1 Å². The number of hydrogen-bond acceptors (Lipinski definition) is 7. The van der Waals surface area contributed by atoms with Crippen molar-refractivity contribution < 1.29 is 19.8 Å². The molecular formula is C12H12N2O4S3. The minimum atomic E-state index is -1.11. The summed E-state index contributed by atoms with van der Waals surface area (Å²) in [4.78, 5) is 28.5. The molecule has 1 aromatic rings. The Kier molecular flexibility index (Phi) is 4.00. The van der Waals surface area contributed by atoms with Crippen LogP contribution in [0.4, 0.5) is 0 Å². The average molecular weight is 344 g/mol. The number of amides is 1. The number of thioether (sulfide) groups is 2. The molecule has 9 heteroatoms. The summed E-state index contributed by atoms with van der Waals surface area (Å²) in [7, 11) is 0. The van der Waals surface area contributed by atoms with E-state index in [1.165, 1.54) is 28.4 Å². The number of carbonyl (C=O) groups is 2. The van der Waals surface area contributed by atoms with E-state index < -0.39 is 23.4 Å². The molecule has 1 amide bonds. The van der Waals surface area contributed by atoms with Crippen molar-refractivity contribution >= 4 is 46.7 Å². The molecule has 2 N–H and O–H groups in total. The van der Waals surface area contributed by atoms with E-state index in [0.717, 1.165) is 9.22 Å². The molecule has 0 aromatic carbocycles. The fraction of sp³-hybridized carbons (Fsp3) is 0.417. The molecule has 0 unspecified atom stereocenters. The van der Waals surface area contributed by atoms with Gasteiger partial charge in [0.05, 0.1) is 15.4 Å². The van der Waals surface area contributed by atoms with Crippen LogP contribution in [0.25, 0.3) is 0 Å². The quantitative estimate of drug-likeness (QED) is 0.625. The molecule has 0 bridgehead atoms. The van der Waals surface area contributed by atoms with Gasteiger partial charge in [-0.05, 0) is 12.5 Å². The van der Waals surface area contributed by atoms with Crippen LogP contribution in [0.1, 0.15) is 5.01 Å². The van der Waals surface area contributed by atoms with Gasteiger partial charge in [-0.25, -0.2) is 9.78 Å². The number of aliphatic hydroxyl groups is 1. The minimum Gasteiger partial charge on any atom is -0.477 e. The number of aliphatic carboxylic acids is 1. The number of aliphatic hydroxyl groups excluding tert-OH is 1. The van der Waals surface area contributed by atoms with Gasteiger partial charge in [0.2, 0.25) is 0 Å². The maximum absolute atomic E-state index is 11.7. The van der Waals surface area contributed by atoms with Crippen LogP contribution in [0.15, 0.2) is 21.7 Å². The topological polar surface area (TPSA) is 90.7 Å². The van der Waals surface area contributed by atoms with Crippen molar-refractivity contribution in [3.05, 3.63) is 22.5 Å². The molecule has 0 radical (unpaired) electrons. The van der Waals surface area contributed by atoms with Gasteiger partial charge < -0.3 is 10.2 Å². The fourth-order valence-corrected chi connectivity index (χ4v) is 5.56. The zero-order valence-corrected chi connectivity index (χ0v) is 13.4. The van der Waals surface area contributed by atoms with Crippen LogP contribution in [0.2, 0.25) is 0 Å². The third kappa shape index (κ3) is 2.59. The highest BCUT2D eigenvalue weighted by Crippen LogP contribution is 2.41. The van der Waals surface area contributed by atoms with Crippen LogP contribution in [0.3, 0.4) is 0 Å². The molecule has 6 nitrogen and oxygen atoms in total. The summed E-state index contributed by atoms with van der Waals surface area (Å²) in [6.07, 6.45) is 0.686. The van der Waals surface area contributed by atoms with Gasteiger partial charge in [0, 0.05) is 11.5 Å². The Morgan fingerprint density at radius 2 is 2.38 bits per heavy atom. The third-order valence-electron chi connectivity index (χ3n) is 3.21. The van der Waals surface area contributed by atoms with Gasteiger partial charge in [-0.1, -0.05) is 0 Å². The fourth-order valence-electron chi connectivity index (χ4n) is 2.21. The standard InChI is InChI=1S/C12H12N2O4S3/c1-5-13-2-7(21-5)19-3-6-4-20-11-9(15)10(16)14(11)8(6)12(17)18/h2,9,11,15H,3-4H2,1H3,(H,17,18)/t9-,11-/m1/s1. The lowest BCUT2D eigenvalue weighted by Crippen LogP contribution is -2.64. The van der Waals surface area contributed by atoms with Crippen molar-refractivity contribution in [2.75, 3.05) is 11.5 Å². The first-order chi connectivity index (χ1) is 9.99. The smallest absolute Gasteiger partial charge is 0.352 e. The average Bonchev–Trinajstić information content (AvgIpc) is 2.88. The summed E-state index contributed by atoms with van der Waals surface area (Å²) < 4.78 is 1.02. The number of fused-ring (bicyclic) bond motifs is 1. The molecule has 3 rings (SSSR count). The number of carboxylic acids is 1. The Bertz CT molecular complexity index is 642. The zero-order valence-electron chi connectivity index (χ0n) is 11.0.